The summed E-state index contributed by atoms with van der Waals surface area (Å²) in [4.78, 5) is 15.1. The Bertz CT molecular complexity index is 2700. The van der Waals surface area contributed by atoms with Gasteiger partial charge in [0.25, 0.3) is 0 Å². The Kier molecular flexibility index (Phi) is 8.74. The maximum Gasteiger partial charge on any atom is 0.233 e. The number of benzene rings is 9. The van der Waals surface area contributed by atoms with E-state index >= 15 is 0 Å². The summed E-state index contributed by atoms with van der Waals surface area (Å²) < 4.78 is 0. The summed E-state index contributed by atoms with van der Waals surface area (Å²) >= 11 is 0. The van der Waals surface area contributed by atoms with Crippen LogP contribution in [0, 0.1) is 0 Å². The van der Waals surface area contributed by atoms with Crippen LogP contribution in [-0.2, 0) is 0 Å². The van der Waals surface area contributed by atoms with Gasteiger partial charge in [-0.05, 0) is 67.2 Å². The third kappa shape index (κ3) is 6.66. The molecule has 1 aromatic heterocycles. The molecule has 10 rings (SSSR count). The molecule has 0 atom stereocenters. The van der Waals surface area contributed by atoms with Crippen molar-refractivity contribution >= 4 is 67.2 Å². The number of hydrogen-bond donors (Lipinski definition) is 3. The summed E-state index contributed by atoms with van der Waals surface area (Å²) in [6.45, 7) is 0. The van der Waals surface area contributed by atoms with Crippen LogP contribution in [-0.4, -0.2) is 15.0 Å². The van der Waals surface area contributed by atoms with Gasteiger partial charge in [-0.1, -0.05) is 182 Å². The van der Waals surface area contributed by atoms with Crippen LogP contribution >= 0.6 is 0 Å². The van der Waals surface area contributed by atoms with E-state index in [0.717, 1.165) is 82.8 Å². The lowest BCUT2D eigenvalue weighted by atomic mass is 9.96. The number of nitrogens with zero attached hydrogens (tertiary/aromatic N) is 3. The van der Waals surface area contributed by atoms with Gasteiger partial charge < -0.3 is 16.0 Å². The lowest BCUT2D eigenvalue weighted by Gasteiger charge is -2.18. The molecule has 0 unspecified atom stereocenters. The van der Waals surface area contributed by atoms with Crippen LogP contribution in [0.2, 0.25) is 0 Å². The summed E-state index contributed by atoms with van der Waals surface area (Å²) in [6, 6.07) is 69.3. The zero-order valence-electron chi connectivity index (χ0n) is 30.9. The second kappa shape index (κ2) is 14.8. The maximum atomic E-state index is 5.04. The minimum atomic E-state index is 0.395. The monoisotopic (exact) mass is 732 g/mol. The molecule has 0 aliphatic rings. The van der Waals surface area contributed by atoms with Gasteiger partial charge in [-0.25, -0.2) is 0 Å². The first-order valence-electron chi connectivity index (χ1n) is 19.0. The van der Waals surface area contributed by atoms with Gasteiger partial charge >= 0.3 is 0 Å². The molecule has 10 aromatic rings. The number of nitrogens with one attached hydrogen (secondary N) is 3. The molecule has 0 radical (unpaired) electrons. The van der Waals surface area contributed by atoms with Crippen molar-refractivity contribution in [3.63, 3.8) is 0 Å². The van der Waals surface area contributed by atoms with Crippen molar-refractivity contribution < 1.29 is 0 Å². The largest absolute Gasteiger partial charge is 0.323 e. The molecule has 6 heteroatoms. The third-order valence-corrected chi connectivity index (χ3v) is 10.3. The molecule has 0 fully saturated rings. The van der Waals surface area contributed by atoms with E-state index in [1.54, 1.807) is 0 Å². The van der Waals surface area contributed by atoms with E-state index in [0.29, 0.717) is 17.8 Å². The molecular formula is C51H36N6. The topological polar surface area (TPSA) is 74.8 Å². The third-order valence-electron chi connectivity index (χ3n) is 10.3. The lowest BCUT2D eigenvalue weighted by molar-refractivity contribution is 1.06. The Morgan fingerprint density at radius 3 is 0.807 bits per heavy atom. The quantitative estimate of drug-likeness (QED) is 0.137. The zero-order chi connectivity index (χ0) is 38.0. The van der Waals surface area contributed by atoms with Crippen LogP contribution in [0.1, 0.15) is 0 Å². The Morgan fingerprint density at radius 2 is 0.509 bits per heavy atom. The first-order valence-corrected chi connectivity index (χ1v) is 19.0. The van der Waals surface area contributed by atoms with Gasteiger partial charge in [-0.15, -0.1) is 0 Å². The molecule has 0 amide bonds. The zero-order valence-corrected chi connectivity index (χ0v) is 30.9. The van der Waals surface area contributed by atoms with Gasteiger partial charge in [-0.2, -0.15) is 15.0 Å². The second-order valence-corrected chi connectivity index (χ2v) is 13.9. The van der Waals surface area contributed by atoms with Crippen LogP contribution in [0.4, 0.5) is 34.9 Å². The molecule has 0 spiro atoms. The highest BCUT2D eigenvalue weighted by atomic mass is 15.3. The predicted octanol–water partition coefficient (Wildman–Crippen LogP) is 13.6. The summed E-state index contributed by atoms with van der Waals surface area (Å²) in [5, 5.41) is 17.7. The number of hydrogen-bond acceptors (Lipinski definition) is 6. The minimum absolute atomic E-state index is 0.395. The van der Waals surface area contributed by atoms with Crippen LogP contribution < -0.4 is 16.0 Å². The molecule has 270 valence electrons. The van der Waals surface area contributed by atoms with Crippen molar-refractivity contribution in [1.82, 2.24) is 15.0 Å². The van der Waals surface area contributed by atoms with Crippen molar-refractivity contribution in [1.29, 1.82) is 0 Å². The number of aromatic nitrogens is 3. The highest BCUT2D eigenvalue weighted by molar-refractivity contribution is 6.06. The van der Waals surface area contributed by atoms with Gasteiger partial charge in [0.05, 0.1) is 0 Å². The number of anilines is 6. The summed E-state index contributed by atoms with van der Waals surface area (Å²) in [7, 11) is 0. The van der Waals surface area contributed by atoms with E-state index in [4.69, 9.17) is 15.0 Å². The number of fused-ring (bicyclic) bond motifs is 3. The van der Waals surface area contributed by atoms with Crippen LogP contribution in [0.3, 0.4) is 0 Å². The fourth-order valence-electron chi connectivity index (χ4n) is 7.78. The molecule has 0 saturated carbocycles. The Morgan fingerprint density at radius 1 is 0.246 bits per heavy atom. The van der Waals surface area contributed by atoms with Gasteiger partial charge in [-0.3, -0.25) is 0 Å². The van der Waals surface area contributed by atoms with Crippen molar-refractivity contribution in [2.75, 3.05) is 16.0 Å². The van der Waals surface area contributed by atoms with Gasteiger partial charge in [0, 0.05) is 33.8 Å². The summed E-state index contributed by atoms with van der Waals surface area (Å²) in [6.07, 6.45) is 0. The normalized spacial score (nSPS) is 11.2. The van der Waals surface area contributed by atoms with E-state index in [1.807, 2.05) is 18.2 Å². The molecule has 57 heavy (non-hydrogen) atoms. The van der Waals surface area contributed by atoms with Crippen LogP contribution in [0.25, 0.3) is 65.7 Å². The standard InChI is InChI=1S/C51H36N6/c1-4-19-37(20-5-1)46-40-25-13-10-16-34(40)28-31-43(46)52-49-55-50(53-44-32-29-35-17-11-14-26-41(35)47(44)38-21-6-2-7-22-38)57-51(56-49)54-45-33-30-36-18-12-15-27-42(36)48(45)39-23-8-3-9-24-39/h1-33H,(H3,52,53,54,55,56,57). The Balaban J connectivity index is 1.14. The molecule has 0 saturated heterocycles. The molecule has 0 aliphatic carbocycles. The van der Waals surface area contributed by atoms with E-state index in [1.165, 1.54) is 0 Å². The van der Waals surface area contributed by atoms with Crippen LogP contribution in [0.5, 0.6) is 0 Å². The molecule has 6 nitrogen and oxygen atoms in total. The van der Waals surface area contributed by atoms with E-state index in [2.05, 4.69) is 198 Å². The van der Waals surface area contributed by atoms with Crippen molar-refractivity contribution in [2.45, 2.75) is 0 Å². The highest BCUT2D eigenvalue weighted by Crippen LogP contribution is 2.40. The van der Waals surface area contributed by atoms with Crippen molar-refractivity contribution in [3.05, 3.63) is 200 Å². The average Bonchev–Trinajstić information content (AvgIpc) is 3.27. The molecule has 3 N–H and O–H groups in total. The molecule has 0 bridgehead atoms. The smallest absolute Gasteiger partial charge is 0.233 e. The minimum Gasteiger partial charge on any atom is -0.323 e. The van der Waals surface area contributed by atoms with Gasteiger partial charge in [0.15, 0.2) is 0 Å². The second-order valence-electron chi connectivity index (χ2n) is 13.9. The molecular weight excluding hydrogens is 697 g/mol. The lowest BCUT2D eigenvalue weighted by Crippen LogP contribution is -2.09. The van der Waals surface area contributed by atoms with Crippen LogP contribution in [0.15, 0.2) is 200 Å². The maximum absolute atomic E-state index is 5.04. The molecule has 0 aliphatic heterocycles. The van der Waals surface area contributed by atoms with E-state index in [-0.39, 0.29) is 0 Å². The fraction of sp³-hybridized carbons (Fsp3) is 0. The number of rotatable bonds is 9. The van der Waals surface area contributed by atoms with Gasteiger partial charge in [0.1, 0.15) is 0 Å². The SMILES string of the molecule is c1ccc(-c2c(Nc3nc(Nc4ccc5ccccc5c4-c4ccccc4)nc(Nc4ccc5ccccc5c4-c4ccccc4)n3)ccc3ccccc23)cc1. The molecule has 1 heterocycles. The van der Waals surface area contributed by atoms with Gasteiger partial charge in [0.2, 0.25) is 17.8 Å². The highest BCUT2D eigenvalue weighted by Gasteiger charge is 2.18. The van der Waals surface area contributed by atoms with E-state index < -0.39 is 0 Å². The Hall–Kier alpha value is -7.83. The molecule has 9 aromatic carbocycles. The average molecular weight is 733 g/mol. The predicted molar refractivity (Wildman–Crippen MR) is 238 cm³/mol. The summed E-state index contributed by atoms with van der Waals surface area (Å²) in [5.74, 6) is 1.18. The van der Waals surface area contributed by atoms with Crippen molar-refractivity contribution in [3.8, 4) is 33.4 Å². The Labute approximate surface area is 330 Å². The summed E-state index contributed by atoms with van der Waals surface area (Å²) in [5.41, 5.74) is 9.14. The first-order chi connectivity index (χ1) is 28.2. The fourth-order valence-corrected chi connectivity index (χ4v) is 7.78. The first kappa shape index (κ1) is 33.7. The van der Waals surface area contributed by atoms with E-state index in [9.17, 15) is 0 Å². The van der Waals surface area contributed by atoms with Crippen molar-refractivity contribution in [2.24, 2.45) is 0 Å².